The number of aliphatic hydroxyl groups is 1. The Labute approximate surface area is 104 Å². The summed E-state index contributed by atoms with van der Waals surface area (Å²) in [7, 11) is 1.67. The molecule has 1 unspecified atom stereocenters. The van der Waals surface area contributed by atoms with Crippen molar-refractivity contribution >= 4 is 5.69 Å². The molecular formula is C14H23NO2. The summed E-state index contributed by atoms with van der Waals surface area (Å²) in [6.07, 6.45) is 0. The van der Waals surface area contributed by atoms with Gasteiger partial charge < -0.3 is 15.2 Å². The van der Waals surface area contributed by atoms with Crippen molar-refractivity contribution in [3.05, 3.63) is 23.8 Å². The maximum atomic E-state index is 10.1. The molecule has 0 radical (unpaired) electrons. The van der Waals surface area contributed by atoms with Crippen LogP contribution in [-0.4, -0.2) is 24.4 Å². The van der Waals surface area contributed by atoms with Gasteiger partial charge in [0.25, 0.3) is 0 Å². The molecule has 0 saturated heterocycles. The average Bonchev–Trinajstić information content (AvgIpc) is 2.26. The van der Waals surface area contributed by atoms with Gasteiger partial charge in [0, 0.05) is 12.2 Å². The Bertz CT molecular complexity index is 372. The number of rotatable bonds is 5. The Morgan fingerprint density at radius 2 is 2.06 bits per heavy atom. The molecule has 0 aliphatic heterocycles. The summed E-state index contributed by atoms with van der Waals surface area (Å²) in [4.78, 5) is 0. The van der Waals surface area contributed by atoms with Gasteiger partial charge in [-0.1, -0.05) is 13.8 Å². The van der Waals surface area contributed by atoms with Gasteiger partial charge in [-0.15, -0.1) is 0 Å². The highest BCUT2D eigenvalue weighted by Gasteiger charge is 2.24. The van der Waals surface area contributed by atoms with E-state index in [0.29, 0.717) is 6.54 Å². The molecule has 0 aliphatic rings. The Balaban J connectivity index is 2.67. The van der Waals surface area contributed by atoms with Crippen molar-refractivity contribution in [3.8, 4) is 5.75 Å². The summed E-state index contributed by atoms with van der Waals surface area (Å²) in [5, 5.41) is 13.4. The smallest absolute Gasteiger partial charge is 0.121 e. The van der Waals surface area contributed by atoms with E-state index in [9.17, 15) is 5.11 Å². The Morgan fingerprint density at radius 3 is 2.53 bits per heavy atom. The van der Waals surface area contributed by atoms with Crippen molar-refractivity contribution in [2.24, 2.45) is 5.92 Å². The van der Waals surface area contributed by atoms with Crippen LogP contribution < -0.4 is 10.1 Å². The molecular weight excluding hydrogens is 214 g/mol. The Morgan fingerprint density at radius 1 is 1.41 bits per heavy atom. The molecule has 0 amide bonds. The van der Waals surface area contributed by atoms with Crippen LogP contribution in [0.5, 0.6) is 5.75 Å². The number of hydrogen-bond acceptors (Lipinski definition) is 3. The molecule has 0 fully saturated rings. The summed E-state index contributed by atoms with van der Waals surface area (Å²) in [5.74, 6) is 1.10. The number of nitrogens with one attached hydrogen (secondary N) is 1. The topological polar surface area (TPSA) is 41.5 Å². The van der Waals surface area contributed by atoms with E-state index in [4.69, 9.17) is 4.74 Å². The van der Waals surface area contributed by atoms with Crippen LogP contribution in [0.25, 0.3) is 0 Å². The van der Waals surface area contributed by atoms with E-state index in [1.165, 1.54) is 0 Å². The van der Waals surface area contributed by atoms with Crippen LogP contribution in [-0.2, 0) is 0 Å². The Kier molecular flexibility index (Phi) is 4.40. The maximum absolute atomic E-state index is 10.1. The third-order valence-corrected chi connectivity index (χ3v) is 3.29. The number of benzene rings is 1. The van der Waals surface area contributed by atoms with Gasteiger partial charge in [0.1, 0.15) is 5.75 Å². The lowest BCUT2D eigenvalue weighted by atomic mass is 9.92. The third-order valence-electron chi connectivity index (χ3n) is 3.29. The third kappa shape index (κ3) is 3.63. The van der Waals surface area contributed by atoms with Crippen LogP contribution in [0.1, 0.15) is 26.3 Å². The lowest BCUT2D eigenvalue weighted by Gasteiger charge is -2.28. The van der Waals surface area contributed by atoms with Crippen LogP contribution in [0.4, 0.5) is 5.69 Å². The van der Waals surface area contributed by atoms with E-state index < -0.39 is 5.60 Å². The van der Waals surface area contributed by atoms with E-state index in [1.54, 1.807) is 7.11 Å². The molecule has 0 aromatic heterocycles. The second kappa shape index (κ2) is 5.41. The molecule has 0 saturated carbocycles. The molecule has 0 bridgehead atoms. The van der Waals surface area contributed by atoms with E-state index >= 15 is 0 Å². The predicted molar refractivity (Wildman–Crippen MR) is 71.7 cm³/mol. The zero-order valence-corrected chi connectivity index (χ0v) is 11.4. The van der Waals surface area contributed by atoms with Gasteiger partial charge in [-0.2, -0.15) is 0 Å². The fraction of sp³-hybridized carbons (Fsp3) is 0.571. The van der Waals surface area contributed by atoms with E-state index in [2.05, 4.69) is 5.32 Å². The molecule has 1 aromatic rings. The number of aryl methyl sites for hydroxylation is 1. The highest BCUT2D eigenvalue weighted by molar-refractivity contribution is 5.50. The predicted octanol–water partition coefficient (Wildman–Crippen LogP) is 2.82. The molecule has 0 spiro atoms. The van der Waals surface area contributed by atoms with Crippen LogP contribution in [0.15, 0.2) is 18.2 Å². The lowest BCUT2D eigenvalue weighted by Crippen LogP contribution is -2.38. The van der Waals surface area contributed by atoms with Gasteiger partial charge in [0.2, 0.25) is 0 Å². The van der Waals surface area contributed by atoms with Crippen molar-refractivity contribution in [3.63, 3.8) is 0 Å². The molecule has 1 aromatic carbocycles. The number of anilines is 1. The molecule has 2 N–H and O–H groups in total. The van der Waals surface area contributed by atoms with E-state index in [0.717, 1.165) is 17.0 Å². The molecule has 0 aliphatic carbocycles. The monoisotopic (exact) mass is 237 g/mol. The summed E-state index contributed by atoms with van der Waals surface area (Å²) in [6, 6.07) is 5.92. The summed E-state index contributed by atoms with van der Waals surface area (Å²) in [5.41, 5.74) is 1.39. The number of ether oxygens (including phenoxy) is 1. The van der Waals surface area contributed by atoms with Gasteiger partial charge in [-0.25, -0.2) is 0 Å². The van der Waals surface area contributed by atoms with Crippen LogP contribution >= 0.6 is 0 Å². The molecule has 3 heteroatoms. The minimum Gasteiger partial charge on any atom is -0.496 e. The SMILES string of the molecule is COc1ccc(NCC(C)(O)C(C)C)cc1C. The van der Waals surface area contributed by atoms with Crippen LogP contribution in [0, 0.1) is 12.8 Å². The van der Waals surface area contributed by atoms with Crippen molar-refractivity contribution in [1.82, 2.24) is 0 Å². The average molecular weight is 237 g/mol. The van der Waals surface area contributed by atoms with Crippen molar-refractivity contribution in [1.29, 1.82) is 0 Å². The first kappa shape index (κ1) is 13.8. The molecule has 1 rings (SSSR count). The highest BCUT2D eigenvalue weighted by atomic mass is 16.5. The fourth-order valence-electron chi connectivity index (χ4n) is 1.47. The standard InChI is InChI=1S/C14H23NO2/c1-10(2)14(4,16)9-15-12-6-7-13(17-5)11(3)8-12/h6-8,10,15-16H,9H2,1-5H3. The van der Waals surface area contributed by atoms with Crippen LogP contribution in [0.2, 0.25) is 0 Å². The molecule has 1 atom stereocenters. The quantitative estimate of drug-likeness (QED) is 0.827. The minimum atomic E-state index is -0.701. The normalized spacial score (nSPS) is 14.5. The van der Waals surface area contributed by atoms with Gasteiger partial charge in [0.15, 0.2) is 0 Å². The van der Waals surface area contributed by atoms with E-state index in [1.807, 2.05) is 45.9 Å². The summed E-state index contributed by atoms with van der Waals surface area (Å²) < 4.78 is 5.21. The molecule has 96 valence electrons. The summed E-state index contributed by atoms with van der Waals surface area (Å²) >= 11 is 0. The minimum absolute atomic E-state index is 0.217. The number of methoxy groups -OCH3 is 1. The number of hydrogen-bond donors (Lipinski definition) is 2. The van der Waals surface area contributed by atoms with Crippen molar-refractivity contribution in [2.75, 3.05) is 19.0 Å². The first-order valence-electron chi connectivity index (χ1n) is 5.97. The van der Waals surface area contributed by atoms with Crippen molar-refractivity contribution < 1.29 is 9.84 Å². The zero-order valence-electron chi connectivity index (χ0n) is 11.4. The van der Waals surface area contributed by atoms with Gasteiger partial charge in [-0.3, -0.25) is 0 Å². The zero-order chi connectivity index (χ0) is 13.1. The highest BCUT2D eigenvalue weighted by Crippen LogP contribution is 2.23. The first-order chi connectivity index (χ1) is 7.86. The first-order valence-corrected chi connectivity index (χ1v) is 5.97. The van der Waals surface area contributed by atoms with Gasteiger partial charge in [0.05, 0.1) is 12.7 Å². The fourth-order valence-corrected chi connectivity index (χ4v) is 1.47. The van der Waals surface area contributed by atoms with Crippen LogP contribution in [0.3, 0.4) is 0 Å². The molecule has 0 heterocycles. The lowest BCUT2D eigenvalue weighted by molar-refractivity contribution is 0.0266. The molecule has 3 nitrogen and oxygen atoms in total. The van der Waals surface area contributed by atoms with Crippen molar-refractivity contribution in [2.45, 2.75) is 33.3 Å². The second-order valence-corrected chi connectivity index (χ2v) is 5.05. The largest absolute Gasteiger partial charge is 0.496 e. The Hall–Kier alpha value is -1.22. The summed E-state index contributed by atoms with van der Waals surface area (Å²) in [6.45, 7) is 8.42. The van der Waals surface area contributed by atoms with Gasteiger partial charge in [-0.05, 0) is 43.5 Å². The molecule has 17 heavy (non-hydrogen) atoms. The van der Waals surface area contributed by atoms with E-state index in [-0.39, 0.29) is 5.92 Å². The second-order valence-electron chi connectivity index (χ2n) is 5.05. The van der Waals surface area contributed by atoms with Gasteiger partial charge >= 0.3 is 0 Å². The maximum Gasteiger partial charge on any atom is 0.121 e.